The van der Waals surface area contributed by atoms with Gasteiger partial charge in [-0.25, -0.2) is 27.5 Å². The second kappa shape index (κ2) is 25.5. The van der Waals surface area contributed by atoms with E-state index in [1.165, 1.54) is 13.8 Å². The van der Waals surface area contributed by atoms with E-state index in [9.17, 15) is 35.1 Å². The minimum absolute atomic E-state index is 0.0284. The second-order valence-corrected chi connectivity index (χ2v) is 27.1. The summed E-state index contributed by atoms with van der Waals surface area (Å²) < 4.78 is 175. The molecule has 0 amide bonds. The Balaban J connectivity index is 0.000000171. The van der Waals surface area contributed by atoms with Crippen molar-refractivity contribution in [3.8, 4) is 46.0 Å². The highest BCUT2D eigenvalue weighted by Gasteiger charge is 2.52. The first-order chi connectivity index (χ1) is 44.8. The zero-order valence-corrected chi connectivity index (χ0v) is 53.9. The van der Waals surface area contributed by atoms with Gasteiger partial charge in [0.25, 0.3) is 0 Å². The molecule has 6 fully saturated rings. The summed E-state index contributed by atoms with van der Waals surface area (Å²) in [5.74, 6) is -2.13. The van der Waals surface area contributed by atoms with Gasteiger partial charge in [-0.05, 0) is 115 Å². The number of nitrogens with two attached hydrogens (primary N) is 2. The van der Waals surface area contributed by atoms with Crippen molar-refractivity contribution in [3.63, 3.8) is 0 Å². The minimum Gasteiger partial charge on any atom is -0.489 e. The lowest BCUT2D eigenvalue weighted by Crippen LogP contribution is -2.44. The van der Waals surface area contributed by atoms with E-state index in [0.29, 0.717) is 76.6 Å². The third-order valence-electron chi connectivity index (χ3n) is 20.1. The average Bonchev–Trinajstić information content (AvgIpc) is 0.879. The van der Waals surface area contributed by atoms with Crippen LogP contribution in [0.25, 0.3) is 44.3 Å². The highest BCUT2D eigenvalue weighted by molar-refractivity contribution is 6.37. The zero-order chi connectivity index (χ0) is 66.5. The Kier molecular flexibility index (Phi) is 18.0. The third kappa shape index (κ3) is 12.0. The molecule has 4 aromatic heterocycles. The van der Waals surface area contributed by atoms with Crippen LogP contribution in [0.3, 0.4) is 0 Å². The molecule has 508 valence electrons. The van der Waals surface area contributed by atoms with Crippen LogP contribution >= 0.6 is 23.2 Å². The van der Waals surface area contributed by atoms with Crippen LogP contribution in [0, 0.1) is 25.5 Å². The summed E-state index contributed by atoms with van der Waals surface area (Å²) in [6.07, 6.45) is -2.94. The van der Waals surface area contributed by atoms with E-state index >= 15 is 8.78 Å². The highest BCUT2D eigenvalue weighted by Crippen LogP contribution is 2.54. The SMILES string of the molecule is CCC[C@@H]1CN2c3nc(OC[C@@]45CCCN4C[C@H](F)C5)nc4c(F)c(-c5nc(N)cc(C)c5C(F)(F)F)c(Cl)c(c34)OC[C@@H]2CCN1.CCC[C@@H]1CN2c3nc(OC[C@@]45CCCN4C[C@H](F)C5)nc4c(F)c(-c5nc(N)cc(C)c5C(F)(F)F)c(Cl)c(c34)OC[C@@H]2CCN1. The molecule has 0 spiro atoms. The molecule has 0 saturated carbocycles. The number of nitrogens with zero attached hydrogens (tertiary/aromatic N) is 10. The molecular formula is C64H74Cl2F10N14O4. The molecule has 0 unspecified atom stereocenters. The molecule has 8 atom stereocenters. The van der Waals surface area contributed by atoms with E-state index in [0.717, 1.165) is 76.6 Å². The normalized spacial score (nSPS) is 26.1. The first-order valence-electron chi connectivity index (χ1n) is 32.2. The Bertz CT molecular complexity index is 3670. The van der Waals surface area contributed by atoms with Crippen LogP contribution < -0.4 is 50.8 Å². The number of nitrogen functional groups attached to an aromatic ring is 2. The monoisotopic (exact) mass is 1360 g/mol. The van der Waals surface area contributed by atoms with Gasteiger partial charge in [-0.1, -0.05) is 49.9 Å². The van der Waals surface area contributed by atoms with Gasteiger partial charge in [-0.2, -0.15) is 46.3 Å². The molecule has 8 aliphatic heterocycles. The number of hydrogen-bond donors (Lipinski definition) is 4. The van der Waals surface area contributed by atoms with Gasteiger partial charge in [0.05, 0.1) is 77.6 Å². The number of halogens is 12. The van der Waals surface area contributed by atoms with E-state index in [1.807, 2.05) is 9.80 Å². The number of benzene rings is 2. The summed E-state index contributed by atoms with van der Waals surface area (Å²) in [5.41, 5.74) is 4.56. The van der Waals surface area contributed by atoms with E-state index in [4.69, 9.17) is 63.6 Å². The number of alkyl halides is 8. The van der Waals surface area contributed by atoms with Crippen molar-refractivity contribution < 1.29 is 62.9 Å². The van der Waals surface area contributed by atoms with Crippen LogP contribution in [-0.4, -0.2) is 166 Å². The lowest BCUT2D eigenvalue weighted by Gasteiger charge is -2.32. The molecule has 30 heteroatoms. The van der Waals surface area contributed by atoms with Gasteiger partial charge in [-0.15, -0.1) is 0 Å². The number of rotatable bonds is 12. The van der Waals surface area contributed by atoms with Gasteiger partial charge in [-0.3, -0.25) is 9.80 Å². The van der Waals surface area contributed by atoms with Crippen LogP contribution in [-0.2, 0) is 12.4 Å². The Morgan fingerprint density at radius 1 is 0.617 bits per heavy atom. The molecule has 0 radical (unpaired) electrons. The first kappa shape index (κ1) is 66.2. The van der Waals surface area contributed by atoms with Gasteiger partial charge in [0, 0.05) is 51.1 Å². The summed E-state index contributed by atoms with van der Waals surface area (Å²) in [4.78, 5) is 34.7. The van der Waals surface area contributed by atoms with Crippen LogP contribution in [0.2, 0.25) is 10.0 Å². The predicted octanol–water partition coefficient (Wildman–Crippen LogP) is 12.2. The summed E-state index contributed by atoms with van der Waals surface area (Å²) >= 11 is 13.7. The van der Waals surface area contributed by atoms with Gasteiger partial charge in [0.15, 0.2) is 23.1 Å². The maximum absolute atomic E-state index is 17.0. The molecule has 14 rings (SSSR count). The Morgan fingerprint density at radius 3 is 1.40 bits per heavy atom. The summed E-state index contributed by atoms with van der Waals surface area (Å²) in [7, 11) is 0. The molecule has 6 saturated heterocycles. The minimum atomic E-state index is -4.90. The topological polar surface area (TPSA) is 203 Å². The van der Waals surface area contributed by atoms with Crippen molar-refractivity contribution in [1.29, 1.82) is 0 Å². The molecule has 94 heavy (non-hydrogen) atoms. The van der Waals surface area contributed by atoms with Crippen molar-refractivity contribution in [2.24, 2.45) is 0 Å². The fourth-order valence-corrected chi connectivity index (χ4v) is 16.5. The summed E-state index contributed by atoms with van der Waals surface area (Å²) in [6, 6.07) is 1.61. The number of hydrogen-bond acceptors (Lipinski definition) is 18. The van der Waals surface area contributed by atoms with Crippen molar-refractivity contribution in [2.45, 2.75) is 165 Å². The lowest BCUT2D eigenvalue weighted by molar-refractivity contribution is -0.138. The standard InChI is InChI=1S/2C32H37ClF5N7O2/c2*1-3-5-18-13-45-19(6-8-40-18)14-46-28-22-27(25(35)21(24(28)33)26-23(32(36,37)38)16(2)10-20(39)41-26)42-30(43-29(22)45)47-15-31-7-4-9-44(31)12-17(34)11-31/h2*10,17-19,40H,3-9,11-15H2,1-2H3,(H2,39,41)/t2*17-,18-,19+,31+/m11/s1. The van der Waals surface area contributed by atoms with E-state index in [2.05, 4.69) is 54.2 Å². The Morgan fingerprint density at radius 2 is 1.02 bits per heavy atom. The van der Waals surface area contributed by atoms with Crippen molar-refractivity contribution in [1.82, 2.24) is 50.3 Å². The van der Waals surface area contributed by atoms with E-state index < -0.39 is 81.0 Å². The van der Waals surface area contributed by atoms with Crippen LogP contribution in [0.5, 0.6) is 23.5 Å². The number of ether oxygens (including phenoxy) is 4. The number of fused-ring (bicyclic) bond motifs is 6. The smallest absolute Gasteiger partial charge is 0.418 e. The largest absolute Gasteiger partial charge is 0.489 e. The zero-order valence-electron chi connectivity index (χ0n) is 52.4. The molecule has 0 aliphatic carbocycles. The quantitative estimate of drug-likeness (QED) is 0.0842. The van der Waals surface area contributed by atoms with Crippen molar-refractivity contribution >= 4 is 68.3 Å². The fourth-order valence-electron chi connectivity index (χ4n) is 15.9. The maximum Gasteiger partial charge on any atom is 0.418 e. The molecular weight excluding hydrogens is 1290 g/mol. The van der Waals surface area contributed by atoms with E-state index in [-0.39, 0.29) is 129 Å². The number of pyridine rings is 2. The molecule has 18 nitrogen and oxygen atoms in total. The molecule has 6 aromatic rings. The molecule has 12 heterocycles. The average molecular weight is 1360 g/mol. The molecule has 6 N–H and O–H groups in total. The molecule has 0 bridgehead atoms. The van der Waals surface area contributed by atoms with Gasteiger partial charge >= 0.3 is 24.4 Å². The van der Waals surface area contributed by atoms with Crippen LogP contribution in [0.1, 0.15) is 113 Å². The predicted molar refractivity (Wildman–Crippen MR) is 337 cm³/mol. The number of anilines is 4. The Hall–Kier alpha value is -6.46. The highest BCUT2D eigenvalue weighted by atomic mass is 35.5. The third-order valence-corrected chi connectivity index (χ3v) is 20.8. The van der Waals surface area contributed by atoms with Crippen LogP contribution in [0.15, 0.2) is 12.1 Å². The number of aromatic nitrogens is 6. The summed E-state index contributed by atoms with van der Waals surface area (Å²) in [6.45, 7) is 11.6. The Labute approximate surface area is 546 Å². The number of nitrogens with one attached hydrogen (secondary N) is 2. The number of aryl methyl sites for hydroxylation is 2. The van der Waals surface area contributed by atoms with Gasteiger partial charge in [0.1, 0.15) is 73.1 Å². The van der Waals surface area contributed by atoms with Crippen LogP contribution in [0.4, 0.5) is 67.2 Å². The lowest BCUT2D eigenvalue weighted by atomic mass is 9.95. The first-order valence-corrected chi connectivity index (χ1v) is 33.0. The molecule has 2 aromatic carbocycles. The van der Waals surface area contributed by atoms with Gasteiger partial charge in [0.2, 0.25) is 0 Å². The molecule has 8 aliphatic rings. The maximum atomic E-state index is 17.0. The summed E-state index contributed by atoms with van der Waals surface area (Å²) in [5, 5.41) is 6.66. The fraction of sp³-hybridized carbons (Fsp3) is 0.594. The van der Waals surface area contributed by atoms with Crippen molar-refractivity contribution in [2.75, 3.05) is 100 Å². The van der Waals surface area contributed by atoms with E-state index in [1.54, 1.807) is 0 Å². The van der Waals surface area contributed by atoms with Crippen molar-refractivity contribution in [3.05, 3.63) is 56.1 Å². The second-order valence-electron chi connectivity index (χ2n) is 26.4. The van der Waals surface area contributed by atoms with Gasteiger partial charge < -0.3 is 50.8 Å².